The van der Waals surface area contributed by atoms with E-state index in [2.05, 4.69) is 32.1 Å². The summed E-state index contributed by atoms with van der Waals surface area (Å²) in [5.41, 5.74) is 2.00. The Labute approximate surface area is 162 Å². The average molecular weight is 382 g/mol. The number of rotatable bonds is 3. The molecule has 0 radical (unpaired) electrons. The summed E-state index contributed by atoms with van der Waals surface area (Å²) in [5, 5.41) is 4.28. The molecule has 0 aliphatic carbocycles. The van der Waals surface area contributed by atoms with Crippen molar-refractivity contribution < 1.29 is 4.79 Å². The van der Waals surface area contributed by atoms with Crippen LogP contribution < -0.4 is 10.2 Å². The highest BCUT2D eigenvalue weighted by molar-refractivity contribution is 6.34. The number of nitrogens with one attached hydrogen (secondary N) is 1. The van der Waals surface area contributed by atoms with Gasteiger partial charge in [-0.25, -0.2) is 9.97 Å². The maximum absolute atomic E-state index is 12.6. The van der Waals surface area contributed by atoms with Crippen molar-refractivity contribution in [2.24, 2.45) is 0 Å². The molecule has 1 aliphatic heterocycles. The van der Waals surface area contributed by atoms with E-state index in [0.29, 0.717) is 16.3 Å². The summed E-state index contributed by atoms with van der Waals surface area (Å²) < 4.78 is 0. The zero-order valence-corrected chi connectivity index (χ0v) is 15.8. The molecule has 2 heterocycles. The lowest BCUT2D eigenvalue weighted by Crippen LogP contribution is -2.44. The number of aromatic nitrogens is 2. The highest BCUT2D eigenvalue weighted by atomic mass is 35.5. The molecule has 3 aromatic rings. The van der Waals surface area contributed by atoms with Gasteiger partial charge in [0.2, 0.25) is 0 Å². The van der Waals surface area contributed by atoms with Gasteiger partial charge in [-0.3, -0.25) is 4.79 Å². The van der Waals surface area contributed by atoms with E-state index in [4.69, 9.17) is 11.6 Å². The summed E-state index contributed by atoms with van der Waals surface area (Å²) in [6.45, 7) is 3.82. The quantitative estimate of drug-likeness (QED) is 0.754. The number of fused-ring (bicyclic) bond motifs is 1. The molecule has 7 heteroatoms. The van der Waals surface area contributed by atoms with Gasteiger partial charge in [0.05, 0.1) is 16.1 Å². The van der Waals surface area contributed by atoms with Crippen LogP contribution in [-0.2, 0) is 0 Å². The fourth-order valence-corrected chi connectivity index (χ4v) is 3.46. The van der Waals surface area contributed by atoms with Gasteiger partial charge >= 0.3 is 0 Å². The highest BCUT2D eigenvalue weighted by Crippen LogP contribution is 2.27. The van der Waals surface area contributed by atoms with E-state index in [9.17, 15) is 4.79 Å². The zero-order valence-electron chi connectivity index (χ0n) is 15.0. The van der Waals surface area contributed by atoms with Gasteiger partial charge < -0.3 is 15.1 Å². The summed E-state index contributed by atoms with van der Waals surface area (Å²) in [7, 11) is 2.12. The first kappa shape index (κ1) is 17.7. The maximum atomic E-state index is 12.6. The highest BCUT2D eigenvalue weighted by Gasteiger charge is 2.18. The van der Waals surface area contributed by atoms with Crippen molar-refractivity contribution >= 4 is 39.9 Å². The largest absolute Gasteiger partial charge is 0.353 e. The number of carbonyl (C=O) groups excluding carboxylic acids is 1. The van der Waals surface area contributed by atoms with Gasteiger partial charge in [-0.15, -0.1) is 0 Å². The molecule has 1 saturated heterocycles. The van der Waals surface area contributed by atoms with Crippen LogP contribution in [0.4, 0.5) is 11.5 Å². The molecule has 1 aliphatic rings. The Kier molecular flexibility index (Phi) is 4.92. The third-order valence-corrected chi connectivity index (χ3v) is 5.12. The van der Waals surface area contributed by atoms with Gasteiger partial charge in [-0.2, -0.15) is 0 Å². The lowest BCUT2D eigenvalue weighted by Gasteiger charge is -2.33. The van der Waals surface area contributed by atoms with Crippen LogP contribution in [0.5, 0.6) is 0 Å². The number of nitrogens with zero attached hydrogens (tertiary/aromatic N) is 4. The number of benzene rings is 2. The molecule has 1 aromatic heterocycles. The number of halogens is 1. The molecular formula is C20H20ClN5O. The topological polar surface area (TPSA) is 61.4 Å². The van der Waals surface area contributed by atoms with Crippen molar-refractivity contribution in [3.05, 3.63) is 59.4 Å². The lowest BCUT2D eigenvalue weighted by atomic mass is 10.1. The van der Waals surface area contributed by atoms with Crippen LogP contribution in [0.15, 0.2) is 48.8 Å². The second kappa shape index (κ2) is 7.50. The Bertz CT molecular complexity index is 985. The Morgan fingerprint density at radius 3 is 2.63 bits per heavy atom. The van der Waals surface area contributed by atoms with Crippen LogP contribution in [0.2, 0.25) is 5.02 Å². The first-order valence-electron chi connectivity index (χ1n) is 8.86. The molecular weight excluding hydrogens is 362 g/mol. The minimum absolute atomic E-state index is 0.238. The van der Waals surface area contributed by atoms with E-state index in [0.717, 1.165) is 42.9 Å². The second-order valence-electron chi connectivity index (χ2n) is 6.65. The van der Waals surface area contributed by atoms with Crippen LogP contribution in [0.25, 0.3) is 10.9 Å². The Morgan fingerprint density at radius 2 is 1.85 bits per heavy atom. The summed E-state index contributed by atoms with van der Waals surface area (Å²) >= 11 is 6.13. The molecule has 2 aromatic carbocycles. The molecule has 1 amide bonds. The minimum atomic E-state index is -0.238. The molecule has 0 atom stereocenters. The van der Waals surface area contributed by atoms with Crippen LogP contribution in [0, 0.1) is 0 Å². The van der Waals surface area contributed by atoms with E-state index < -0.39 is 0 Å². The van der Waals surface area contributed by atoms with Crippen molar-refractivity contribution in [2.75, 3.05) is 43.4 Å². The third kappa shape index (κ3) is 3.72. The van der Waals surface area contributed by atoms with E-state index in [1.165, 1.54) is 0 Å². The zero-order chi connectivity index (χ0) is 18.8. The van der Waals surface area contributed by atoms with Gasteiger partial charge in [0.25, 0.3) is 5.91 Å². The van der Waals surface area contributed by atoms with Crippen LogP contribution >= 0.6 is 11.6 Å². The predicted octanol–water partition coefficient (Wildman–Crippen LogP) is 3.29. The standard InChI is InChI=1S/C20H20ClN5O/c1-25-8-10-26(11-9-25)19-16-12-14(6-7-18(16)22-13-23-19)24-20(27)15-4-2-3-5-17(15)21/h2-7,12-13H,8-11H2,1H3,(H,24,27). The molecule has 27 heavy (non-hydrogen) atoms. The first-order chi connectivity index (χ1) is 13.1. The Balaban J connectivity index is 1.64. The molecule has 0 spiro atoms. The molecule has 6 nitrogen and oxygen atoms in total. The van der Waals surface area contributed by atoms with Crippen molar-refractivity contribution in [3.63, 3.8) is 0 Å². The van der Waals surface area contributed by atoms with Gasteiger partial charge in [0.15, 0.2) is 0 Å². The Hall–Kier alpha value is -2.70. The number of carbonyl (C=O) groups is 1. The van der Waals surface area contributed by atoms with E-state index in [1.807, 2.05) is 18.2 Å². The molecule has 0 unspecified atom stereocenters. The van der Waals surface area contributed by atoms with Crippen molar-refractivity contribution in [1.82, 2.24) is 14.9 Å². The molecule has 0 bridgehead atoms. The average Bonchev–Trinajstić information content (AvgIpc) is 2.68. The van der Waals surface area contributed by atoms with Gasteiger partial charge in [0, 0.05) is 37.3 Å². The molecule has 0 saturated carbocycles. The van der Waals surface area contributed by atoms with Gasteiger partial charge in [0.1, 0.15) is 12.1 Å². The number of hydrogen-bond acceptors (Lipinski definition) is 5. The number of likely N-dealkylation sites (N-methyl/N-ethyl adjacent to an activating group) is 1. The molecule has 138 valence electrons. The SMILES string of the molecule is CN1CCN(c2ncnc3ccc(NC(=O)c4ccccc4Cl)cc23)CC1. The Morgan fingerprint density at radius 1 is 1.07 bits per heavy atom. The normalized spacial score (nSPS) is 15.1. The first-order valence-corrected chi connectivity index (χ1v) is 9.24. The minimum Gasteiger partial charge on any atom is -0.353 e. The van der Waals surface area contributed by atoms with Crippen molar-refractivity contribution in [2.45, 2.75) is 0 Å². The number of piperazine rings is 1. The van der Waals surface area contributed by atoms with E-state index >= 15 is 0 Å². The lowest BCUT2D eigenvalue weighted by molar-refractivity contribution is 0.102. The monoisotopic (exact) mass is 381 g/mol. The fourth-order valence-electron chi connectivity index (χ4n) is 3.23. The molecule has 1 N–H and O–H groups in total. The second-order valence-corrected chi connectivity index (χ2v) is 7.06. The number of anilines is 2. The maximum Gasteiger partial charge on any atom is 0.257 e. The van der Waals surface area contributed by atoms with E-state index in [1.54, 1.807) is 30.6 Å². The number of amides is 1. The smallest absolute Gasteiger partial charge is 0.257 e. The van der Waals surface area contributed by atoms with Crippen LogP contribution in [0.3, 0.4) is 0 Å². The van der Waals surface area contributed by atoms with Gasteiger partial charge in [-0.1, -0.05) is 23.7 Å². The summed E-state index contributed by atoms with van der Waals surface area (Å²) in [5.74, 6) is 0.667. The number of hydrogen-bond donors (Lipinski definition) is 1. The fraction of sp³-hybridized carbons (Fsp3) is 0.250. The summed E-state index contributed by atoms with van der Waals surface area (Å²) in [6.07, 6.45) is 1.60. The van der Waals surface area contributed by atoms with Crippen molar-refractivity contribution in [3.8, 4) is 0 Å². The van der Waals surface area contributed by atoms with Crippen molar-refractivity contribution in [1.29, 1.82) is 0 Å². The molecule has 1 fully saturated rings. The molecule has 4 rings (SSSR count). The summed E-state index contributed by atoms with van der Waals surface area (Å²) in [4.78, 5) is 26.0. The van der Waals surface area contributed by atoms with Gasteiger partial charge in [-0.05, 0) is 37.4 Å². The third-order valence-electron chi connectivity index (χ3n) is 4.79. The van der Waals surface area contributed by atoms with E-state index in [-0.39, 0.29) is 5.91 Å². The van der Waals surface area contributed by atoms with Crippen LogP contribution in [0.1, 0.15) is 10.4 Å². The van der Waals surface area contributed by atoms with Crippen LogP contribution in [-0.4, -0.2) is 54.0 Å². The predicted molar refractivity (Wildman–Crippen MR) is 109 cm³/mol. The summed E-state index contributed by atoms with van der Waals surface area (Å²) in [6, 6.07) is 12.7.